The van der Waals surface area contributed by atoms with Gasteiger partial charge >= 0.3 is 0 Å². The Labute approximate surface area is 49.4 Å². The molecule has 0 heterocycles. The fraction of sp³-hybridized carbons (Fsp3) is 0.600. The molecule has 0 fully saturated rings. The molecule has 0 saturated heterocycles. The van der Waals surface area contributed by atoms with Crippen LogP contribution in [-0.4, -0.2) is 17.5 Å². The summed E-state index contributed by atoms with van der Waals surface area (Å²) < 4.78 is 0. The second kappa shape index (κ2) is 3.43. The summed E-state index contributed by atoms with van der Waals surface area (Å²) in [6, 6.07) is 0. The lowest BCUT2D eigenvalue weighted by Gasteiger charge is -2.10. The molecule has 1 amide bonds. The van der Waals surface area contributed by atoms with E-state index in [2.05, 4.69) is 6.92 Å². The van der Waals surface area contributed by atoms with Gasteiger partial charge in [0.15, 0.2) is 0 Å². The number of hydrogen-bond acceptors (Lipinski definition) is 2. The van der Waals surface area contributed by atoms with Crippen molar-refractivity contribution in [3.05, 3.63) is 6.92 Å². The van der Waals surface area contributed by atoms with E-state index < -0.39 is 0 Å². The van der Waals surface area contributed by atoms with Crippen LogP contribution in [0.1, 0.15) is 13.3 Å². The fourth-order valence-electron chi connectivity index (χ4n) is 0.366. The monoisotopic (exact) mass is 115 g/mol. The van der Waals surface area contributed by atoms with Gasteiger partial charge in [0.25, 0.3) is 0 Å². The second-order valence-electron chi connectivity index (χ2n) is 1.59. The number of rotatable bonds is 2. The van der Waals surface area contributed by atoms with Gasteiger partial charge in [0, 0.05) is 13.5 Å². The Kier molecular flexibility index (Phi) is 3.19. The molecule has 0 bridgehead atoms. The van der Waals surface area contributed by atoms with E-state index >= 15 is 0 Å². The van der Waals surface area contributed by atoms with Gasteiger partial charge in [-0.3, -0.25) is 9.80 Å². The van der Waals surface area contributed by atoms with E-state index in [1.165, 1.54) is 0 Å². The zero-order valence-corrected chi connectivity index (χ0v) is 5.05. The van der Waals surface area contributed by atoms with E-state index in [-0.39, 0.29) is 5.91 Å². The van der Waals surface area contributed by atoms with Crippen LogP contribution in [0.5, 0.6) is 0 Å². The number of carbonyl (C=O) groups excluding carboxylic acids is 1. The minimum Gasteiger partial charge on any atom is -0.281 e. The number of amides is 1. The molecular weight excluding hydrogens is 104 g/mol. The van der Waals surface area contributed by atoms with E-state index in [1.54, 1.807) is 0 Å². The van der Waals surface area contributed by atoms with E-state index in [9.17, 15) is 4.79 Å². The van der Waals surface area contributed by atoms with Gasteiger partial charge in [0.2, 0.25) is 5.91 Å². The lowest BCUT2D eigenvalue weighted by Crippen LogP contribution is -2.36. The molecule has 0 aliphatic carbocycles. The maximum Gasteiger partial charge on any atom is 0.236 e. The highest BCUT2D eigenvalue weighted by Gasteiger charge is 1.97. The molecule has 0 aromatic carbocycles. The first-order chi connectivity index (χ1) is 3.68. The van der Waals surface area contributed by atoms with Crippen molar-refractivity contribution in [3.63, 3.8) is 0 Å². The van der Waals surface area contributed by atoms with E-state index in [4.69, 9.17) is 5.84 Å². The standard InChI is InChI=1S/C5H11N2O/c1-3-4-7(6)5(2)8/h2-4,6H2,1H3. The SMILES string of the molecule is [CH2]C(=O)N(N)CCC. The minimum atomic E-state index is -0.327. The molecule has 47 valence electrons. The Hall–Kier alpha value is -0.570. The van der Waals surface area contributed by atoms with Crippen LogP contribution in [0, 0.1) is 6.92 Å². The molecular formula is C5H11N2O. The van der Waals surface area contributed by atoms with E-state index in [1.807, 2.05) is 6.92 Å². The lowest BCUT2D eigenvalue weighted by atomic mass is 10.4. The number of nitrogens with zero attached hydrogens (tertiary/aromatic N) is 1. The molecule has 1 radical (unpaired) electrons. The summed E-state index contributed by atoms with van der Waals surface area (Å²) in [5, 5.41) is 1.10. The van der Waals surface area contributed by atoms with Crippen LogP contribution in [0.15, 0.2) is 0 Å². The molecule has 0 aliphatic heterocycles. The first-order valence-electron chi connectivity index (χ1n) is 2.56. The Morgan fingerprint density at radius 3 is 2.50 bits per heavy atom. The zero-order valence-electron chi connectivity index (χ0n) is 5.05. The summed E-state index contributed by atoms with van der Waals surface area (Å²) >= 11 is 0. The van der Waals surface area contributed by atoms with E-state index in [0.29, 0.717) is 6.54 Å². The highest BCUT2D eigenvalue weighted by Crippen LogP contribution is 1.80. The van der Waals surface area contributed by atoms with Crippen molar-refractivity contribution in [3.8, 4) is 0 Å². The molecule has 0 saturated carbocycles. The van der Waals surface area contributed by atoms with E-state index in [0.717, 1.165) is 11.4 Å². The minimum absolute atomic E-state index is 0.327. The van der Waals surface area contributed by atoms with Gasteiger partial charge in [-0.05, 0) is 6.42 Å². The van der Waals surface area contributed by atoms with Crippen molar-refractivity contribution in [2.24, 2.45) is 5.84 Å². The fourth-order valence-corrected chi connectivity index (χ4v) is 0.366. The topological polar surface area (TPSA) is 46.3 Å². The molecule has 2 N–H and O–H groups in total. The predicted molar refractivity (Wildman–Crippen MR) is 31.5 cm³/mol. The molecule has 0 aromatic rings. The molecule has 3 nitrogen and oxygen atoms in total. The Morgan fingerprint density at radius 1 is 1.88 bits per heavy atom. The summed E-state index contributed by atoms with van der Waals surface area (Å²) in [5.41, 5.74) is 0. The van der Waals surface area contributed by atoms with Crippen LogP contribution in [0.3, 0.4) is 0 Å². The number of hydrogen-bond donors (Lipinski definition) is 1. The lowest BCUT2D eigenvalue weighted by molar-refractivity contribution is -0.126. The summed E-state index contributed by atoms with van der Waals surface area (Å²) in [4.78, 5) is 10.2. The van der Waals surface area contributed by atoms with Gasteiger partial charge in [-0.2, -0.15) is 0 Å². The largest absolute Gasteiger partial charge is 0.281 e. The molecule has 0 atom stereocenters. The highest BCUT2D eigenvalue weighted by atomic mass is 16.2. The van der Waals surface area contributed by atoms with Crippen molar-refractivity contribution < 1.29 is 4.79 Å². The Balaban J connectivity index is 3.32. The average Bonchev–Trinajstić information content (AvgIpc) is 1.67. The molecule has 0 rings (SSSR count). The third-order valence-corrected chi connectivity index (χ3v) is 0.785. The molecule has 0 aliphatic rings. The maximum atomic E-state index is 10.2. The van der Waals surface area contributed by atoms with Gasteiger partial charge in [-0.1, -0.05) is 6.92 Å². The predicted octanol–water partition coefficient (Wildman–Crippen LogP) is -0.0672. The molecule has 3 heteroatoms. The zero-order chi connectivity index (χ0) is 6.57. The van der Waals surface area contributed by atoms with Crippen LogP contribution in [0.2, 0.25) is 0 Å². The molecule has 0 aromatic heterocycles. The maximum absolute atomic E-state index is 10.2. The van der Waals surface area contributed by atoms with Crippen LogP contribution in [0.4, 0.5) is 0 Å². The summed E-state index contributed by atoms with van der Waals surface area (Å²) in [6.45, 7) is 5.65. The van der Waals surface area contributed by atoms with Crippen LogP contribution in [-0.2, 0) is 4.79 Å². The first-order valence-corrected chi connectivity index (χ1v) is 2.56. The van der Waals surface area contributed by atoms with Crippen LogP contribution in [0.25, 0.3) is 0 Å². The molecule has 0 spiro atoms. The van der Waals surface area contributed by atoms with Crippen molar-refractivity contribution in [2.45, 2.75) is 13.3 Å². The molecule has 8 heavy (non-hydrogen) atoms. The third-order valence-electron chi connectivity index (χ3n) is 0.785. The average molecular weight is 115 g/mol. The smallest absolute Gasteiger partial charge is 0.236 e. The van der Waals surface area contributed by atoms with Crippen molar-refractivity contribution in [2.75, 3.05) is 6.54 Å². The Morgan fingerprint density at radius 2 is 2.38 bits per heavy atom. The van der Waals surface area contributed by atoms with Gasteiger partial charge in [-0.25, -0.2) is 5.84 Å². The Bertz CT molecular complexity index is 82.5. The number of carbonyl (C=O) groups is 1. The first kappa shape index (κ1) is 7.43. The number of hydrazine groups is 1. The van der Waals surface area contributed by atoms with Crippen LogP contribution >= 0.6 is 0 Å². The highest BCUT2D eigenvalue weighted by molar-refractivity contribution is 5.79. The summed E-state index contributed by atoms with van der Waals surface area (Å²) in [7, 11) is 0. The summed E-state index contributed by atoms with van der Waals surface area (Å²) in [6.07, 6.45) is 0.873. The van der Waals surface area contributed by atoms with Crippen molar-refractivity contribution in [1.82, 2.24) is 5.01 Å². The molecule has 0 unspecified atom stereocenters. The van der Waals surface area contributed by atoms with Crippen LogP contribution < -0.4 is 5.84 Å². The quantitative estimate of drug-likeness (QED) is 0.311. The van der Waals surface area contributed by atoms with Gasteiger partial charge in [-0.15, -0.1) is 0 Å². The van der Waals surface area contributed by atoms with Crippen molar-refractivity contribution >= 4 is 5.91 Å². The second-order valence-corrected chi connectivity index (χ2v) is 1.59. The van der Waals surface area contributed by atoms with Gasteiger partial charge < -0.3 is 0 Å². The number of nitrogens with two attached hydrogens (primary N) is 1. The van der Waals surface area contributed by atoms with Crippen molar-refractivity contribution in [1.29, 1.82) is 0 Å². The van der Waals surface area contributed by atoms with Gasteiger partial charge in [0.05, 0.1) is 0 Å². The summed E-state index contributed by atoms with van der Waals surface area (Å²) in [5.74, 6) is 4.82. The van der Waals surface area contributed by atoms with Gasteiger partial charge in [0.1, 0.15) is 0 Å². The normalized spacial score (nSPS) is 8.88. The third kappa shape index (κ3) is 2.58.